The number of aryl methyl sites for hydroxylation is 1. The molecule has 0 atom stereocenters. The maximum atomic E-state index is 12.0. The highest BCUT2D eigenvalue weighted by Gasteiger charge is 2.10. The van der Waals surface area contributed by atoms with Crippen LogP contribution in [0.4, 0.5) is 5.69 Å². The smallest absolute Gasteiger partial charge is 0.227 e. The molecule has 1 aromatic heterocycles. The number of amides is 1. The summed E-state index contributed by atoms with van der Waals surface area (Å²) >= 11 is 0. The van der Waals surface area contributed by atoms with E-state index in [1.54, 1.807) is 48.6 Å². The Balaban J connectivity index is 1.94. The van der Waals surface area contributed by atoms with Crippen molar-refractivity contribution < 1.29 is 9.90 Å². The summed E-state index contributed by atoms with van der Waals surface area (Å²) in [6, 6.07) is 10.4. The molecule has 2 rings (SSSR count). The van der Waals surface area contributed by atoms with Crippen molar-refractivity contribution in [2.75, 3.05) is 11.9 Å². The first-order valence-corrected chi connectivity index (χ1v) is 6.11. The number of aromatic nitrogens is 1. The molecule has 0 spiro atoms. The highest BCUT2D eigenvalue weighted by molar-refractivity contribution is 5.92. The van der Waals surface area contributed by atoms with E-state index in [-0.39, 0.29) is 11.7 Å². The predicted molar refractivity (Wildman–Crippen MR) is 74.1 cm³/mol. The number of hydrogen-bond donors (Lipinski definition) is 1. The topological polar surface area (TPSA) is 53.4 Å². The van der Waals surface area contributed by atoms with Gasteiger partial charge in [-0.3, -0.25) is 9.78 Å². The van der Waals surface area contributed by atoms with Crippen molar-refractivity contribution in [2.24, 2.45) is 0 Å². The predicted octanol–water partition coefficient (Wildman–Crippen LogP) is 2.38. The molecule has 0 saturated carbocycles. The van der Waals surface area contributed by atoms with Crippen LogP contribution in [0.15, 0.2) is 48.8 Å². The van der Waals surface area contributed by atoms with Crippen LogP contribution in [0.2, 0.25) is 0 Å². The summed E-state index contributed by atoms with van der Waals surface area (Å²) in [7, 11) is 1.74. The van der Waals surface area contributed by atoms with Crippen LogP contribution in [0.3, 0.4) is 0 Å². The molecule has 0 saturated heterocycles. The van der Waals surface area contributed by atoms with Crippen molar-refractivity contribution in [1.82, 2.24) is 4.98 Å². The highest BCUT2D eigenvalue weighted by Crippen LogP contribution is 2.18. The Hall–Kier alpha value is -2.36. The number of hydrogen-bond acceptors (Lipinski definition) is 3. The van der Waals surface area contributed by atoms with Crippen LogP contribution in [-0.2, 0) is 11.2 Å². The first-order valence-electron chi connectivity index (χ1n) is 6.11. The van der Waals surface area contributed by atoms with E-state index in [0.29, 0.717) is 12.8 Å². The summed E-state index contributed by atoms with van der Waals surface area (Å²) in [6.07, 6.45) is 4.60. The van der Waals surface area contributed by atoms with Gasteiger partial charge in [-0.2, -0.15) is 0 Å². The highest BCUT2D eigenvalue weighted by atomic mass is 16.3. The summed E-state index contributed by atoms with van der Waals surface area (Å²) in [4.78, 5) is 17.6. The van der Waals surface area contributed by atoms with E-state index in [1.807, 2.05) is 12.1 Å². The number of carbonyl (C=O) groups excluding carboxylic acids is 1. The van der Waals surface area contributed by atoms with Gasteiger partial charge in [0.1, 0.15) is 5.75 Å². The largest absolute Gasteiger partial charge is 0.508 e. The fraction of sp³-hybridized carbons (Fsp3) is 0.200. The molecule has 4 heteroatoms. The van der Waals surface area contributed by atoms with Crippen molar-refractivity contribution >= 4 is 11.6 Å². The molecule has 0 bridgehead atoms. The molecule has 1 N–H and O–H groups in total. The van der Waals surface area contributed by atoms with E-state index >= 15 is 0 Å². The molecule has 0 unspecified atom stereocenters. The van der Waals surface area contributed by atoms with Crippen LogP contribution < -0.4 is 4.90 Å². The molecule has 0 aliphatic rings. The standard InChI is InChI=1S/C15H16N2O2/c1-17(13-3-5-14(18)6-4-13)15(19)7-2-12-8-10-16-11-9-12/h3-6,8-11,18H,2,7H2,1H3. The third-order valence-electron chi connectivity index (χ3n) is 2.99. The molecule has 0 radical (unpaired) electrons. The maximum Gasteiger partial charge on any atom is 0.227 e. The number of phenols is 1. The Bertz CT molecular complexity index is 538. The molecular weight excluding hydrogens is 240 g/mol. The number of aromatic hydroxyl groups is 1. The average Bonchev–Trinajstić information content (AvgIpc) is 2.46. The molecule has 0 aliphatic heterocycles. The average molecular weight is 256 g/mol. The Morgan fingerprint density at radius 3 is 2.42 bits per heavy atom. The van der Waals surface area contributed by atoms with E-state index in [2.05, 4.69) is 4.98 Å². The lowest BCUT2D eigenvalue weighted by atomic mass is 10.1. The van der Waals surface area contributed by atoms with E-state index < -0.39 is 0 Å². The molecule has 1 heterocycles. The summed E-state index contributed by atoms with van der Waals surface area (Å²) < 4.78 is 0. The van der Waals surface area contributed by atoms with E-state index in [0.717, 1.165) is 11.3 Å². The van der Waals surface area contributed by atoms with Gasteiger partial charge in [-0.25, -0.2) is 0 Å². The Kier molecular flexibility index (Phi) is 4.13. The minimum Gasteiger partial charge on any atom is -0.508 e. The summed E-state index contributed by atoms with van der Waals surface area (Å²) in [5.41, 5.74) is 1.87. The lowest BCUT2D eigenvalue weighted by Gasteiger charge is -2.17. The van der Waals surface area contributed by atoms with E-state index in [9.17, 15) is 9.90 Å². The number of carbonyl (C=O) groups is 1. The van der Waals surface area contributed by atoms with Crippen LogP contribution in [0, 0.1) is 0 Å². The van der Waals surface area contributed by atoms with Crippen LogP contribution in [0.25, 0.3) is 0 Å². The quantitative estimate of drug-likeness (QED) is 0.913. The van der Waals surface area contributed by atoms with Crippen molar-refractivity contribution in [2.45, 2.75) is 12.8 Å². The van der Waals surface area contributed by atoms with Gasteiger partial charge in [0.2, 0.25) is 5.91 Å². The SMILES string of the molecule is CN(C(=O)CCc1ccncc1)c1ccc(O)cc1. The Morgan fingerprint density at radius 1 is 1.16 bits per heavy atom. The maximum absolute atomic E-state index is 12.0. The Labute approximate surface area is 112 Å². The summed E-state index contributed by atoms with van der Waals surface area (Å²) in [6.45, 7) is 0. The number of pyridine rings is 1. The molecule has 98 valence electrons. The number of benzene rings is 1. The van der Waals surface area contributed by atoms with Gasteiger partial charge in [-0.05, 0) is 48.4 Å². The third kappa shape index (κ3) is 3.55. The molecule has 0 aliphatic carbocycles. The van der Waals surface area contributed by atoms with E-state index in [1.165, 1.54) is 0 Å². The zero-order chi connectivity index (χ0) is 13.7. The van der Waals surface area contributed by atoms with Gasteiger partial charge in [0.05, 0.1) is 0 Å². The van der Waals surface area contributed by atoms with Gasteiger partial charge >= 0.3 is 0 Å². The normalized spacial score (nSPS) is 10.2. The fourth-order valence-electron chi connectivity index (χ4n) is 1.79. The zero-order valence-electron chi connectivity index (χ0n) is 10.8. The second kappa shape index (κ2) is 6.00. The third-order valence-corrected chi connectivity index (χ3v) is 2.99. The van der Waals surface area contributed by atoms with Gasteiger partial charge in [0, 0.05) is 31.5 Å². The van der Waals surface area contributed by atoms with Crippen molar-refractivity contribution in [3.05, 3.63) is 54.4 Å². The van der Waals surface area contributed by atoms with Crippen LogP contribution in [0.1, 0.15) is 12.0 Å². The van der Waals surface area contributed by atoms with Crippen LogP contribution >= 0.6 is 0 Å². The number of anilines is 1. The molecule has 19 heavy (non-hydrogen) atoms. The van der Waals surface area contributed by atoms with Crippen LogP contribution in [-0.4, -0.2) is 23.0 Å². The summed E-state index contributed by atoms with van der Waals surface area (Å²) in [5, 5.41) is 9.22. The number of nitrogens with zero attached hydrogens (tertiary/aromatic N) is 2. The monoisotopic (exact) mass is 256 g/mol. The Morgan fingerprint density at radius 2 is 1.79 bits per heavy atom. The molecule has 4 nitrogen and oxygen atoms in total. The second-order valence-electron chi connectivity index (χ2n) is 4.32. The zero-order valence-corrected chi connectivity index (χ0v) is 10.8. The molecule has 2 aromatic rings. The van der Waals surface area contributed by atoms with Gasteiger partial charge in [-0.15, -0.1) is 0 Å². The van der Waals surface area contributed by atoms with Gasteiger partial charge in [-0.1, -0.05) is 0 Å². The van der Waals surface area contributed by atoms with Gasteiger partial charge < -0.3 is 10.0 Å². The van der Waals surface area contributed by atoms with Crippen molar-refractivity contribution in [3.63, 3.8) is 0 Å². The van der Waals surface area contributed by atoms with Gasteiger partial charge in [0.25, 0.3) is 0 Å². The molecule has 1 aromatic carbocycles. The lowest BCUT2D eigenvalue weighted by Crippen LogP contribution is -2.26. The molecule has 1 amide bonds. The van der Waals surface area contributed by atoms with Gasteiger partial charge in [0.15, 0.2) is 0 Å². The molecular formula is C15H16N2O2. The first kappa shape index (κ1) is 13.1. The lowest BCUT2D eigenvalue weighted by molar-refractivity contribution is -0.118. The first-order chi connectivity index (χ1) is 9.16. The fourth-order valence-corrected chi connectivity index (χ4v) is 1.79. The minimum absolute atomic E-state index is 0.0440. The summed E-state index contributed by atoms with van der Waals surface area (Å²) in [5.74, 6) is 0.240. The minimum atomic E-state index is 0.0440. The number of phenolic OH excluding ortho intramolecular Hbond substituents is 1. The molecule has 0 fully saturated rings. The second-order valence-corrected chi connectivity index (χ2v) is 4.32. The van der Waals surface area contributed by atoms with Crippen molar-refractivity contribution in [3.8, 4) is 5.75 Å². The van der Waals surface area contributed by atoms with Crippen molar-refractivity contribution in [1.29, 1.82) is 0 Å². The van der Waals surface area contributed by atoms with E-state index in [4.69, 9.17) is 0 Å². The number of rotatable bonds is 4. The van der Waals surface area contributed by atoms with Crippen LogP contribution in [0.5, 0.6) is 5.75 Å².